The van der Waals surface area contributed by atoms with Crippen LogP contribution in [0.4, 0.5) is 0 Å². The zero-order valence-corrected chi connectivity index (χ0v) is 24.4. The Morgan fingerprint density at radius 1 is 1.02 bits per heavy atom. The van der Waals surface area contributed by atoms with Crippen molar-refractivity contribution in [3.63, 3.8) is 0 Å². The average molecular weight is 601 g/mol. The van der Waals surface area contributed by atoms with Crippen molar-refractivity contribution in [1.82, 2.24) is 0 Å². The van der Waals surface area contributed by atoms with Gasteiger partial charge in [-0.05, 0) is 61.2 Å². The number of carbonyl (C=O) groups excluding carboxylic acids is 1. The van der Waals surface area contributed by atoms with E-state index in [0.29, 0.717) is 49.2 Å². The van der Waals surface area contributed by atoms with E-state index in [2.05, 4.69) is 0 Å². The topological polar surface area (TPSA) is 97.4 Å². The second-order valence-electron chi connectivity index (χ2n) is 10.2. The summed E-state index contributed by atoms with van der Waals surface area (Å²) in [7, 11) is -2.99. The Kier molecular flexibility index (Phi) is 9.19. The van der Waals surface area contributed by atoms with Gasteiger partial charge in [-0.25, -0.2) is 13.2 Å². The molecule has 2 heterocycles. The highest BCUT2D eigenvalue weighted by Gasteiger charge is 2.42. The maximum absolute atomic E-state index is 11.9. The molecular formula is C31H33ClO8S. The van der Waals surface area contributed by atoms with E-state index < -0.39 is 21.4 Å². The Labute approximate surface area is 245 Å². The van der Waals surface area contributed by atoms with Crippen LogP contribution in [0.25, 0.3) is 11.1 Å². The van der Waals surface area contributed by atoms with Crippen molar-refractivity contribution in [2.75, 3.05) is 37.9 Å². The van der Waals surface area contributed by atoms with E-state index in [4.69, 9.17) is 35.3 Å². The molecule has 0 aliphatic carbocycles. The lowest BCUT2D eigenvalue weighted by Gasteiger charge is -2.41. The Morgan fingerprint density at radius 3 is 2.41 bits per heavy atom. The average Bonchev–Trinajstić information content (AvgIpc) is 2.94. The number of ether oxygens (including phenoxy) is 5. The lowest BCUT2D eigenvalue weighted by molar-refractivity contribution is -0.221. The van der Waals surface area contributed by atoms with Crippen molar-refractivity contribution in [2.24, 2.45) is 0 Å². The summed E-state index contributed by atoms with van der Waals surface area (Å²) < 4.78 is 52.5. The minimum absolute atomic E-state index is 0.129. The van der Waals surface area contributed by atoms with Gasteiger partial charge >= 0.3 is 5.97 Å². The molecule has 0 N–H and O–H groups in total. The zero-order valence-electron chi connectivity index (χ0n) is 22.8. The number of hydrogen-bond donors (Lipinski definition) is 0. The van der Waals surface area contributed by atoms with Gasteiger partial charge in [-0.2, -0.15) is 0 Å². The van der Waals surface area contributed by atoms with Crippen LogP contribution in [0, 0.1) is 0 Å². The largest absolute Gasteiger partial charge is 0.490 e. The predicted octanol–water partition coefficient (Wildman–Crippen LogP) is 5.35. The first kappa shape index (κ1) is 29.4. The molecule has 41 heavy (non-hydrogen) atoms. The molecule has 0 spiro atoms. The third kappa shape index (κ3) is 7.22. The molecule has 218 valence electrons. The predicted molar refractivity (Wildman–Crippen MR) is 155 cm³/mol. The lowest BCUT2D eigenvalue weighted by Crippen LogP contribution is -2.49. The normalized spacial score (nSPS) is 17.8. The summed E-state index contributed by atoms with van der Waals surface area (Å²) in [5, 5.41) is 0.639. The van der Waals surface area contributed by atoms with Crippen LogP contribution >= 0.6 is 11.6 Å². The van der Waals surface area contributed by atoms with Gasteiger partial charge in [0.25, 0.3) is 0 Å². The third-order valence-electron chi connectivity index (χ3n) is 7.26. The molecule has 0 bridgehead atoms. The maximum atomic E-state index is 11.9. The quantitative estimate of drug-likeness (QED) is 0.272. The molecule has 0 saturated carbocycles. The molecule has 8 nitrogen and oxygen atoms in total. The molecular weight excluding hydrogens is 568 g/mol. The van der Waals surface area contributed by atoms with Gasteiger partial charge < -0.3 is 23.7 Å². The summed E-state index contributed by atoms with van der Waals surface area (Å²) in [6, 6.07) is 21.0. The Morgan fingerprint density at radius 2 is 1.76 bits per heavy atom. The van der Waals surface area contributed by atoms with Crippen LogP contribution in [0.5, 0.6) is 11.5 Å². The Bertz CT molecular complexity index is 1450. The van der Waals surface area contributed by atoms with E-state index >= 15 is 0 Å². The smallest absolute Gasteiger partial charge is 0.332 e. The van der Waals surface area contributed by atoms with Crippen LogP contribution in [0.2, 0.25) is 5.02 Å². The minimum atomic E-state index is -2.99. The van der Waals surface area contributed by atoms with E-state index in [1.807, 2.05) is 66.7 Å². The number of hydrogen-bond acceptors (Lipinski definition) is 8. The van der Waals surface area contributed by atoms with E-state index in [1.165, 1.54) is 0 Å². The maximum Gasteiger partial charge on any atom is 0.332 e. The molecule has 2 fully saturated rings. The first-order valence-electron chi connectivity index (χ1n) is 13.6. The van der Waals surface area contributed by atoms with Crippen molar-refractivity contribution < 1.29 is 36.9 Å². The number of rotatable bonds is 11. The highest BCUT2D eigenvalue weighted by atomic mass is 35.5. The minimum Gasteiger partial charge on any atom is -0.490 e. The number of esters is 1. The number of carbonyl (C=O) groups is 1. The van der Waals surface area contributed by atoms with Gasteiger partial charge in [0.1, 0.15) is 36.4 Å². The van der Waals surface area contributed by atoms with Gasteiger partial charge in [-0.1, -0.05) is 48.0 Å². The molecule has 0 amide bonds. The lowest BCUT2D eigenvalue weighted by atomic mass is 9.91. The summed E-state index contributed by atoms with van der Waals surface area (Å²) >= 11 is 6.47. The van der Waals surface area contributed by atoms with Gasteiger partial charge in [-0.3, -0.25) is 0 Å². The van der Waals surface area contributed by atoms with E-state index in [1.54, 1.807) is 6.92 Å². The highest BCUT2D eigenvalue weighted by Crippen LogP contribution is 2.36. The Balaban J connectivity index is 1.31. The van der Waals surface area contributed by atoms with Crippen LogP contribution < -0.4 is 9.47 Å². The zero-order chi connectivity index (χ0) is 28.9. The van der Waals surface area contributed by atoms with Gasteiger partial charge in [0.15, 0.2) is 9.84 Å². The van der Waals surface area contributed by atoms with Crippen LogP contribution in [-0.4, -0.2) is 58.4 Å². The molecule has 5 rings (SSSR count). The summed E-state index contributed by atoms with van der Waals surface area (Å²) in [6.07, 6.45) is 0.735. The molecule has 3 aromatic rings. The molecule has 2 aliphatic heterocycles. The Hall–Kier alpha value is -3.11. The molecule has 0 aromatic heterocycles. The van der Waals surface area contributed by atoms with Gasteiger partial charge in [0.05, 0.1) is 31.3 Å². The van der Waals surface area contributed by atoms with E-state index in [9.17, 15) is 13.2 Å². The fourth-order valence-electron chi connectivity index (χ4n) is 4.87. The summed E-state index contributed by atoms with van der Waals surface area (Å²) in [4.78, 5) is 11.8. The monoisotopic (exact) mass is 600 g/mol. The molecule has 0 unspecified atom stereocenters. The van der Waals surface area contributed by atoms with Gasteiger partial charge in [-0.15, -0.1) is 0 Å². The standard InChI is InChI=1S/C31H33ClO8S/c1-2-37-30(33)19-39-31(20-36-21-31)24-8-10-25(11-9-24)38-18-23-17-22(27-5-3-4-6-28(27)32)7-12-29(23)40-26-13-15-41(34,35)16-14-26/h3-12,17,26H,2,13-16,18-21H2,1H3. The highest BCUT2D eigenvalue weighted by molar-refractivity contribution is 7.91. The van der Waals surface area contributed by atoms with Crippen molar-refractivity contribution in [1.29, 1.82) is 0 Å². The molecule has 0 atom stereocenters. The van der Waals surface area contributed by atoms with Crippen molar-refractivity contribution in [2.45, 2.75) is 38.1 Å². The summed E-state index contributed by atoms with van der Waals surface area (Å²) in [5.41, 5.74) is 2.84. The van der Waals surface area contributed by atoms with Crippen LogP contribution in [0.15, 0.2) is 66.7 Å². The number of sulfone groups is 1. The second-order valence-corrected chi connectivity index (χ2v) is 12.9. The summed E-state index contributed by atoms with van der Waals surface area (Å²) in [6.45, 7) is 2.84. The van der Waals surface area contributed by atoms with Crippen molar-refractivity contribution >= 4 is 27.4 Å². The molecule has 2 saturated heterocycles. The van der Waals surface area contributed by atoms with Crippen LogP contribution in [0.3, 0.4) is 0 Å². The van der Waals surface area contributed by atoms with Gasteiger partial charge in [0, 0.05) is 16.1 Å². The SMILES string of the molecule is CCOC(=O)COC1(c2ccc(OCc3cc(-c4ccccc4Cl)ccc3OC3CCS(=O)(=O)CC3)cc2)COC1. The van der Waals surface area contributed by atoms with Crippen molar-refractivity contribution in [3.05, 3.63) is 82.9 Å². The molecule has 0 radical (unpaired) electrons. The number of halogens is 1. The number of benzene rings is 3. The third-order valence-corrected chi connectivity index (χ3v) is 9.30. The van der Waals surface area contributed by atoms with Crippen molar-refractivity contribution in [3.8, 4) is 22.6 Å². The van der Waals surface area contributed by atoms with Crippen LogP contribution in [0.1, 0.15) is 30.9 Å². The summed E-state index contributed by atoms with van der Waals surface area (Å²) in [5.74, 6) is 1.14. The first-order chi connectivity index (χ1) is 19.8. The molecule has 2 aliphatic rings. The van der Waals surface area contributed by atoms with Crippen LogP contribution in [-0.2, 0) is 41.1 Å². The van der Waals surface area contributed by atoms with Gasteiger partial charge in [0.2, 0.25) is 0 Å². The molecule has 10 heteroatoms. The fourth-order valence-corrected chi connectivity index (χ4v) is 6.57. The van der Waals surface area contributed by atoms with E-state index in [0.717, 1.165) is 22.3 Å². The fraction of sp³-hybridized carbons (Fsp3) is 0.387. The molecule has 3 aromatic carbocycles. The second kappa shape index (κ2) is 12.8. The first-order valence-corrected chi connectivity index (χ1v) is 15.8. The van der Waals surface area contributed by atoms with E-state index in [-0.39, 0.29) is 30.8 Å².